The molecular weight excluding hydrogens is 256 g/mol. The quantitative estimate of drug-likeness (QED) is 0.507. The van der Waals surface area contributed by atoms with Crippen LogP contribution in [-0.4, -0.2) is 16.1 Å². The van der Waals surface area contributed by atoms with E-state index in [9.17, 15) is 15.0 Å². The van der Waals surface area contributed by atoms with Crippen LogP contribution >= 0.6 is 0 Å². The van der Waals surface area contributed by atoms with Gasteiger partial charge < -0.3 is 21.3 Å². The zero-order valence-electron chi connectivity index (χ0n) is 11.1. The average Bonchev–Trinajstić information content (AvgIpc) is 2.43. The number of phenols is 2. The van der Waals surface area contributed by atoms with Crippen LogP contribution < -0.4 is 11.1 Å². The van der Waals surface area contributed by atoms with E-state index in [4.69, 9.17) is 5.73 Å². The molecule has 5 heteroatoms. The molecule has 0 aliphatic carbocycles. The molecular formula is C15H16N2O3. The van der Waals surface area contributed by atoms with Gasteiger partial charge in [-0.3, -0.25) is 4.79 Å². The molecule has 0 heterocycles. The van der Waals surface area contributed by atoms with Gasteiger partial charge in [0.25, 0.3) is 5.91 Å². The summed E-state index contributed by atoms with van der Waals surface area (Å²) in [6.45, 7) is 2.17. The monoisotopic (exact) mass is 272 g/mol. The Kier molecular flexibility index (Phi) is 3.79. The third-order valence-corrected chi connectivity index (χ3v) is 3.19. The number of nitrogens with two attached hydrogens (primary N) is 1. The predicted molar refractivity (Wildman–Crippen MR) is 76.5 cm³/mol. The summed E-state index contributed by atoms with van der Waals surface area (Å²) in [5, 5.41) is 21.7. The van der Waals surface area contributed by atoms with E-state index in [1.54, 1.807) is 6.07 Å². The van der Waals surface area contributed by atoms with Gasteiger partial charge in [0.1, 0.15) is 0 Å². The number of benzene rings is 2. The van der Waals surface area contributed by atoms with Crippen molar-refractivity contribution in [2.24, 2.45) is 0 Å². The molecule has 0 saturated heterocycles. The van der Waals surface area contributed by atoms with Crippen molar-refractivity contribution < 1.29 is 15.0 Å². The van der Waals surface area contributed by atoms with E-state index < -0.39 is 11.7 Å². The number of carbonyl (C=O) groups excluding carboxylic acids is 1. The standard InChI is InChI=1S/C15H16N2O3/c1-9-10(4-2-6-12(9)16)8-17-15(20)11-5-3-7-13(18)14(11)19/h2-7,18-19H,8,16H2,1H3,(H,17,20). The van der Waals surface area contributed by atoms with Crippen molar-refractivity contribution in [1.29, 1.82) is 0 Å². The van der Waals surface area contributed by atoms with E-state index >= 15 is 0 Å². The van der Waals surface area contributed by atoms with Gasteiger partial charge >= 0.3 is 0 Å². The Hall–Kier alpha value is -2.69. The Balaban J connectivity index is 2.13. The minimum atomic E-state index is -0.458. The Labute approximate surface area is 116 Å². The molecule has 0 radical (unpaired) electrons. The van der Waals surface area contributed by atoms with E-state index in [1.165, 1.54) is 18.2 Å². The summed E-state index contributed by atoms with van der Waals surface area (Å²) in [6.07, 6.45) is 0. The molecule has 1 amide bonds. The predicted octanol–water partition coefficient (Wildman–Crippen LogP) is 1.92. The van der Waals surface area contributed by atoms with Crippen LogP contribution in [0.4, 0.5) is 5.69 Å². The van der Waals surface area contributed by atoms with Crippen molar-refractivity contribution in [3.05, 3.63) is 53.1 Å². The van der Waals surface area contributed by atoms with E-state index in [0.29, 0.717) is 12.2 Å². The molecule has 0 aromatic heterocycles. The smallest absolute Gasteiger partial charge is 0.255 e. The zero-order chi connectivity index (χ0) is 14.7. The Morgan fingerprint density at radius 2 is 1.90 bits per heavy atom. The van der Waals surface area contributed by atoms with Gasteiger partial charge in [0.2, 0.25) is 0 Å². The maximum atomic E-state index is 12.0. The molecule has 0 spiro atoms. The summed E-state index contributed by atoms with van der Waals surface area (Å²) < 4.78 is 0. The van der Waals surface area contributed by atoms with Crippen LogP contribution in [0.2, 0.25) is 0 Å². The minimum absolute atomic E-state index is 0.0338. The number of rotatable bonds is 3. The van der Waals surface area contributed by atoms with Crippen molar-refractivity contribution in [3.63, 3.8) is 0 Å². The number of nitrogens with one attached hydrogen (secondary N) is 1. The summed E-state index contributed by atoms with van der Waals surface area (Å²) in [7, 11) is 0. The molecule has 2 aromatic carbocycles. The first-order valence-electron chi connectivity index (χ1n) is 6.14. The van der Waals surface area contributed by atoms with E-state index in [0.717, 1.165) is 11.1 Å². The fourth-order valence-electron chi connectivity index (χ4n) is 1.88. The van der Waals surface area contributed by atoms with Gasteiger partial charge in [0, 0.05) is 12.2 Å². The molecule has 0 saturated carbocycles. The number of carbonyl (C=O) groups is 1. The number of phenolic OH excluding ortho intramolecular Hbond substituents is 2. The van der Waals surface area contributed by atoms with Crippen LogP contribution in [0.3, 0.4) is 0 Å². The topological polar surface area (TPSA) is 95.6 Å². The van der Waals surface area contributed by atoms with Crippen LogP contribution in [0.1, 0.15) is 21.5 Å². The summed E-state index contributed by atoms with van der Waals surface area (Å²) in [4.78, 5) is 12.0. The molecule has 0 atom stereocenters. The molecule has 5 nitrogen and oxygen atoms in total. The molecule has 2 aromatic rings. The Bertz CT molecular complexity index is 654. The van der Waals surface area contributed by atoms with Crippen LogP contribution in [0.5, 0.6) is 11.5 Å². The van der Waals surface area contributed by atoms with Gasteiger partial charge in [-0.1, -0.05) is 18.2 Å². The van der Waals surface area contributed by atoms with Crippen molar-refractivity contribution in [2.75, 3.05) is 5.73 Å². The lowest BCUT2D eigenvalue weighted by Crippen LogP contribution is -2.23. The van der Waals surface area contributed by atoms with Crippen molar-refractivity contribution in [2.45, 2.75) is 13.5 Å². The fourth-order valence-corrected chi connectivity index (χ4v) is 1.88. The van der Waals surface area contributed by atoms with Gasteiger partial charge in [-0.05, 0) is 36.2 Å². The maximum absolute atomic E-state index is 12.0. The summed E-state index contributed by atoms with van der Waals surface area (Å²) in [5.41, 5.74) is 8.31. The van der Waals surface area contributed by atoms with E-state index in [2.05, 4.69) is 5.32 Å². The first-order valence-corrected chi connectivity index (χ1v) is 6.14. The average molecular weight is 272 g/mol. The van der Waals surface area contributed by atoms with Crippen LogP contribution in [0, 0.1) is 6.92 Å². The molecule has 2 rings (SSSR count). The zero-order valence-corrected chi connectivity index (χ0v) is 11.1. The van der Waals surface area contributed by atoms with E-state index in [-0.39, 0.29) is 11.3 Å². The number of aromatic hydroxyl groups is 2. The molecule has 0 unspecified atom stereocenters. The van der Waals surface area contributed by atoms with Crippen LogP contribution in [-0.2, 0) is 6.54 Å². The summed E-state index contributed by atoms with van der Waals surface area (Å²) >= 11 is 0. The van der Waals surface area contributed by atoms with Crippen molar-refractivity contribution in [3.8, 4) is 11.5 Å². The second kappa shape index (κ2) is 5.52. The normalized spacial score (nSPS) is 10.2. The van der Waals surface area contributed by atoms with Crippen molar-refractivity contribution in [1.82, 2.24) is 5.32 Å². The number of amides is 1. The number of hydrogen-bond donors (Lipinski definition) is 4. The third kappa shape index (κ3) is 2.66. The molecule has 104 valence electrons. The second-order valence-electron chi connectivity index (χ2n) is 4.49. The Morgan fingerprint density at radius 1 is 1.20 bits per heavy atom. The minimum Gasteiger partial charge on any atom is -0.504 e. The summed E-state index contributed by atoms with van der Waals surface area (Å²) in [6, 6.07) is 9.73. The Morgan fingerprint density at radius 3 is 2.65 bits per heavy atom. The molecule has 5 N–H and O–H groups in total. The number of nitrogen functional groups attached to an aromatic ring is 1. The lowest BCUT2D eigenvalue weighted by molar-refractivity contribution is 0.0947. The van der Waals surface area contributed by atoms with Crippen LogP contribution in [0.15, 0.2) is 36.4 Å². The lowest BCUT2D eigenvalue weighted by atomic mass is 10.1. The molecule has 20 heavy (non-hydrogen) atoms. The van der Waals surface area contributed by atoms with Gasteiger partial charge in [0.05, 0.1) is 5.56 Å². The highest BCUT2D eigenvalue weighted by atomic mass is 16.3. The number of hydrogen-bond acceptors (Lipinski definition) is 4. The lowest BCUT2D eigenvalue weighted by Gasteiger charge is -2.10. The fraction of sp³-hybridized carbons (Fsp3) is 0.133. The molecule has 0 aliphatic rings. The third-order valence-electron chi connectivity index (χ3n) is 3.19. The van der Waals surface area contributed by atoms with Gasteiger partial charge in [-0.15, -0.1) is 0 Å². The highest BCUT2D eigenvalue weighted by molar-refractivity contribution is 5.97. The van der Waals surface area contributed by atoms with Gasteiger partial charge in [0.15, 0.2) is 11.5 Å². The molecule has 0 fully saturated rings. The van der Waals surface area contributed by atoms with Gasteiger partial charge in [-0.2, -0.15) is 0 Å². The molecule has 0 bridgehead atoms. The first-order chi connectivity index (χ1) is 9.50. The maximum Gasteiger partial charge on any atom is 0.255 e. The largest absolute Gasteiger partial charge is 0.504 e. The van der Waals surface area contributed by atoms with Crippen LogP contribution in [0.25, 0.3) is 0 Å². The first kappa shape index (κ1) is 13.7. The number of anilines is 1. The van der Waals surface area contributed by atoms with Crippen molar-refractivity contribution >= 4 is 11.6 Å². The van der Waals surface area contributed by atoms with E-state index in [1.807, 2.05) is 19.1 Å². The summed E-state index contributed by atoms with van der Waals surface area (Å²) in [5.74, 6) is -1.20. The SMILES string of the molecule is Cc1c(N)cccc1CNC(=O)c1cccc(O)c1O. The molecule has 0 aliphatic heterocycles. The number of para-hydroxylation sites is 1. The van der Waals surface area contributed by atoms with Gasteiger partial charge in [-0.25, -0.2) is 0 Å². The second-order valence-corrected chi connectivity index (χ2v) is 4.49. The highest BCUT2D eigenvalue weighted by Gasteiger charge is 2.13. The highest BCUT2D eigenvalue weighted by Crippen LogP contribution is 2.28.